The number of benzene rings is 1. The number of nitrogens with zero attached hydrogens (tertiary/aromatic N) is 1. The van der Waals surface area contributed by atoms with Crippen LogP contribution < -0.4 is 4.74 Å². The molecule has 0 saturated heterocycles. The van der Waals surface area contributed by atoms with Gasteiger partial charge in [0.1, 0.15) is 12.3 Å². The Labute approximate surface area is 124 Å². The SMILES string of the molecule is CCOc1ccc(/C=C/C(=O)N(CC(=O)O)C(C)C)cc1. The van der Waals surface area contributed by atoms with Gasteiger partial charge < -0.3 is 14.7 Å². The minimum Gasteiger partial charge on any atom is -0.494 e. The van der Waals surface area contributed by atoms with E-state index in [-0.39, 0.29) is 18.5 Å². The van der Waals surface area contributed by atoms with Gasteiger partial charge in [0.15, 0.2) is 0 Å². The van der Waals surface area contributed by atoms with E-state index in [1.165, 1.54) is 11.0 Å². The monoisotopic (exact) mass is 291 g/mol. The molecule has 5 nitrogen and oxygen atoms in total. The van der Waals surface area contributed by atoms with Gasteiger partial charge >= 0.3 is 5.97 Å². The fraction of sp³-hybridized carbons (Fsp3) is 0.375. The van der Waals surface area contributed by atoms with Crippen molar-refractivity contribution >= 4 is 18.0 Å². The van der Waals surface area contributed by atoms with Gasteiger partial charge in [0.05, 0.1) is 6.61 Å². The van der Waals surface area contributed by atoms with E-state index in [4.69, 9.17) is 9.84 Å². The van der Waals surface area contributed by atoms with Crippen LogP contribution in [-0.2, 0) is 9.59 Å². The summed E-state index contributed by atoms with van der Waals surface area (Å²) in [6, 6.07) is 7.16. The Morgan fingerprint density at radius 3 is 2.38 bits per heavy atom. The van der Waals surface area contributed by atoms with Crippen LogP contribution >= 0.6 is 0 Å². The van der Waals surface area contributed by atoms with Gasteiger partial charge in [-0.05, 0) is 44.5 Å². The molecule has 21 heavy (non-hydrogen) atoms. The molecule has 0 fully saturated rings. The summed E-state index contributed by atoms with van der Waals surface area (Å²) < 4.78 is 5.34. The second-order valence-corrected chi connectivity index (χ2v) is 4.79. The lowest BCUT2D eigenvalue weighted by atomic mass is 10.2. The molecule has 0 spiro atoms. The van der Waals surface area contributed by atoms with Crippen molar-refractivity contribution in [2.75, 3.05) is 13.2 Å². The Bertz CT molecular complexity index is 506. The standard InChI is InChI=1S/C16H21NO4/c1-4-21-14-8-5-13(6-9-14)7-10-15(18)17(12(2)3)11-16(19)20/h5-10,12H,4,11H2,1-3H3,(H,19,20)/b10-7+. The summed E-state index contributed by atoms with van der Waals surface area (Å²) in [7, 11) is 0. The molecule has 0 aromatic heterocycles. The van der Waals surface area contributed by atoms with Crippen LogP contribution in [0.4, 0.5) is 0 Å². The summed E-state index contributed by atoms with van der Waals surface area (Å²) in [5, 5.41) is 8.82. The first-order chi connectivity index (χ1) is 9.93. The lowest BCUT2D eigenvalue weighted by Crippen LogP contribution is -2.39. The molecule has 0 saturated carbocycles. The number of carboxylic acids is 1. The highest BCUT2D eigenvalue weighted by molar-refractivity contribution is 5.93. The summed E-state index contributed by atoms with van der Waals surface area (Å²) in [5.41, 5.74) is 0.853. The molecular weight excluding hydrogens is 270 g/mol. The number of hydrogen-bond acceptors (Lipinski definition) is 3. The maximum Gasteiger partial charge on any atom is 0.323 e. The number of rotatable bonds is 7. The summed E-state index contributed by atoms with van der Waals surface area (Å²) in [5.74, 6) is -0.566. The van der Waals surface area contributed by atoms with Crippen molar-refractivity contribution in [3.63, 3.8) is 0 Å². The van der Waals surface area contributed by atoms with Crippen molar-refractivity contribution < 1.29 is 19.4 Å². The zero-order valence-electron chi connectivity index (χ0n) is 12.6. The van der Waals surface area contributed by atoms with E-state index in [1.807, 2.05) is 31.2 Å². The zero-order chi connectivity index (χ0) is 15.8. The maximum atomic E-state index is 12.0. The molecule has 1 amide bonds. The normalized spacial score (nSPS) is 10.9. The van der Waals surface area contributed by atoms with E-state index in [9.17, 15) is 9.59 Å². The van der Waals surface area contributed by atoms with Gasteiger partial charge in [-0.1, -0.05) is 12.1 Å². The number of hydrogen-bond donors (Lipinski definition) is 1. The molecule has 114 valence electrons. The zero-order valence-corrected chi connectivity index (χ0v) is 12.6. The predicted octanol–water partition coefficient (Wildman–Crippen LogP) is 2.42. The summed E-state index contributed by atoms with van der Waals surface area (Å²) in [6.07, 6.45) is 3.05. The van der Waals surface area contributed by atoms with Crippen molar-refractivity contribution in [1.82, 2.24) is 4.90 Å². The van der Waals surface area contributed by atoms with E-state index in [2.05, 4.69) is 0 Å². The molecule has 0 bridgehead atoms. The molecule has 0 heterocycles. The quantitative estimate of drug-likeness (QED) is 0.783. The molecule has 0 aliphatic heterocycles. The second-order valence-electron chi connectivity index (χ2n) is 4.79. The molecule has 0 aliphatic carbocycles. The molecule has 0 unspecified atom stereocenters. The van der Waals surface area contributed by atoms with Gasteiger partial charge in [-0.15, -0.1) is 0 Å². The van der Waals surface area contributed by atoms with Crippen molar-refractivity contribution in [1.29, 1.82) is 0 Å². The van der Waals surface area contributed by atoms with Gasteiger partial charge in [0.25, 0.3) is 0 Å². The number of carbonyl (C=O) groups excluding carboxylic acids is 1. The first kappa shape index (κ1) is 16.8. The predicted molar refractivity (Wildman–Crippen MR) is 81.1 cm³/mol. The summed E-state index contributed by atoms with van der Waals surface area (Å²) >= 11 is 0. The van der Waals surface area contributed by atoms with Gasteiger partial charge in [-0.25, -0.2) is 0 Å². The van der Waals surface area contributed by atoms with Gasteiger partial charge in [-0.3, -0.25) is 9.59 Å². The largest absolute Gasteiger partial charge is 0.494 e. The number of amides is 1. The number of ether oxygens (including phenoxy) is 1. The highest BCUT2D eigenvalue weighted by Gasteiger charge is 2.17. The highest BCUT2D eigenvalue weighted by Crippen LogP contribution is 2.13. The number of aliphatic carboxylic acids is 1. The van der Waals surface area contributed by atoms with Crippen LogP contribution in [0, 0.1) is 0 Å². The van der Waals surface area contributed by atoms with Crippen LogP contribution in [0.1, 0.15) is 26.3 Å². The Morgan fingerprint density at radius 1 is 1.29 bits per heavy atom. The third kappa shape index (κ3) is 5.69. The van der Waals surface area contributed by atoms with Crippen LogP contribution in [0.25, 0.3) is 6.08 Å². The number of carboxylic acid groups (broad SMARTS) is 1. The van der Waals surface area contributed by atoms with Gasteiger partial charge in [0, 0.05) is 12.1 Å². The Hall–Kier alpha value is -2.30. The van der Waals surface area contributed by atoms with Crippen LogP contribution in [0.5, 0.6) is 5.75 Å². The van der Waals surface area contributed by atoms with Crippen molar-refractivity contribution in [3.8, 4) is 5.75 Å². The van der Waals surface area contributed by atoms with E-state index >= 15 is 0 Å². The molecule has 5 heteroatoms. The Balaban J connectivity index is 2.73. The fourth-order valence-corrected chi connectivity index (χ4v) is 1.77. The molecule has 0 aliphatic rings. The second kappa shape index (κ2) is 8.09. The molecule has 0 radical (unpaired) electrons. The van der Waals surface area contributed by atoms with Gasteiger partial charge in [0.2, 0.25) is 5.91 Å². The van der Waals surface area contributed by atoms with Crippen LogP contribution in [-0.4, -0.2) is 41.1 Å². The highest BCUT2D eigenvalue weighted by atomic mass is 16.5. The van der Waals surface area contributed by atoms with Crippen LogP contribution in [0.2, 0.25) is 0 Å². The average Bonchev–Trinajstić information content (AvgIpc) is 2.43. The third-order valence-electron chi connectivity index (χ3n) is 2.82. The summed E-state index contributed by atoms with van der Waals surface area (Å²) in [4.78, 5) is 24.1. The topological polar surface area (TPSA) is 66.8 Å². The lowest BCUT2D eigenvalue weighted by molar-refractivity contribution is -0.143. The van der Waals surface area contributed by atoms with E-state index < -0.39 is 5.97 Å². The molecule has 0 atom stereocenters. The third-order valence-corrected chi connectivity index (χ3v) is 2.82. The van der Waals surface area contributed by atoms with Crippen molar-refractivity contribution in [2.45, 2.75) is 26.8 Å². The lowest BCUT2D eigenvalue weighted by Gasteiger charge is -2.23. The Morgan fingerprint density at radius 2 is 1.90 bits per heavy atom. The molecule has 1 aromatic rings. The Kier molecular flexibility index (Phi) is 6.46. The van der Waals surface area contributed by atoms with E-state index in [0.29, 0.717) is 6.61 Å². The fourth-order valence-electron chi connectivity index (χ4n) is 1.77. The van der Waals surface area contributed by atoms with Gasteiger partial charge in [-0.2, -0.15) is 0 Å². The summed E-state index contributed by atoms with van der Waals surface area (Å²) in [6.45, 7) is 5.78. The minimum atomic E-state index is -1.02. The van der Waals surface area contributed by atoms with Crippen LogP contribution in [0.3, 0.4) is 0 Å². The maximum absolute atomic E-state index is 12.0. The minimum absolute atomic E-state index is 0.168. The smallest absolute Gasteiger partial charge is 0.323 e. The van der Waals surface area contributed by atoms with E-state index in [0.717, 1.165) is 11.3 Å². The average molecular weight is 291 g/mol. The number of carbonyl (C=O) groups is 2. The van der Waals surface area contributed by atoms with Crippen molar-refractivity contribution in [2.24, 2.45) is 0 Å². The van der Waals surface area contributed by atoms with Crippen LogP contribution in [0.15, 0.2) is 30.3 Å². The molecule has 1 rings (SSSR count). The molecular formula is C16H21NO4. The first-order valence-corrected chi connectivity index (χ1v) is 6.87. The van der Waals surface area contributed by atoms with Crippen molar-refractivity contribution in [3.05, 3.63) is 35.9 Å². The molecule has 1 aromatic carbocycles. The van der Waals surface area contributed by atoms with E-state index in [1.54, 1.807) is 19.9 Å². The first-order valence-electron chi connectivity index (χ1n) is 6.87. The molecule has 1 N–H and O–H groups in total.